The van der Waals surface area contributed by atoms with Gasteiger partial charge in [0.25, 0.3) is 5.91 Å². The number of methoxy groups -OCH3 is 1. The van der Waals surface area contributed by atoms with Crippen LogP contribution in [0.4, 0.5) is 5.00 Å². The topological polar surface area (TPSA) is 111 Å². The highest BCUT2D eigenvalue weighted by Gasteiger charge is 2.25. The molecule has 1 heterocycles. The summed E-state index contributed by atoms with van der Waals surface area (Å²) < 4.78 is 5.17. The highest BCUT2D eigenvalue weighted by atomic mass is 32.1. The molecule has 2 aromatic rings. The Hall–Kier alpha value is -2.87. The monoisotopic (exact) mass is 429 g/mol. The number of fused-ring (bicyclic) bond motifs is 1. The summed E-state index contributed by atoms with van der Waals surface area (Å²) in [6, 6.07) is 6.69. The molecule has 0 fully saturated rings. The van der Waals surface area contributed by atoms with Gasteiger partial charge in [-0.05, 0) is 48.9 Å². The van der Waals surface area contributed by atoms with Gasteiger partial charge in [-0.1, -0.05) is 18.6 Å². The molecule has 3 amide bonds. The van der Waals surface area contributed by atoms with Crippen LogP contribution in [0, 0.1) is 0 Å². The second kappa shape index (κ2) is 9.75. The van der Waals surface area contributed by atoms with Crippen molar-refractivity contribution in [2.24, 2.45) is 5.73 Å². The van der Waals surface area contributed by atoms with E-state index in [1.807, 2.05) is 12.1 Å². The van der Waals surface area contributed by atoms with Gasteiger partial charge in [0.05, 0.1) is 25.1 Å². The number of thiophene rings is 1. The quantitative estimate of drug-likeness (QED) is 0.586. The molecule has 3 rings (SSSR count). The van der Waals surface area contributed by atoms with Crippen molar-refractivity contribution in [2.45, 2.75) is 51.5 Å². The van der Waals surface area contributed by atoms with Crippen LogP contribution in [0.15, 0.2) is 24.3 Å². The van der Waals surface area contributed by atoms with Crippen molar-refractivity contribution >= 4 is 34.1 Å². The Bertz CT molecular complexity index is 937. The predicted octanol–water partition coefficient (Wildman–Crippen LogP) is 3.33. The van der Waals surface area contributed by atoms with E-state index in [1.54, 1.807) is 19.2 Å². The first kappa shape index (κ1) is 21.8. The van der Waals surface area contributed by atoms with Crippen LogP contribution in [0.5, 0.6) is 5.75 Å². The van der Waals surface area contributed by atoms with Crippen molar-refractivity contribution in [3.63, 3.8) is 0 Å². The van der Waals surface area contributed by atoms with Gasteiger partial charge in [0.15, 0.2) is 0 Å². The molecule has 1 aliphatic rings. The molecule has 1 aliphatic carbocycles. The summed E-state index contributed by atoms with van der Waals surface area (Å²) >= 11 is 1.44. The minimum atomic E-state index is -0.515. The SMILES string of the molecule is COc1ccc(C(CC(=O)Nc2sc3c(c2C(N)=O)CCCCC3)NC(C)=O)cc1. The molecule has 7 nitrogen and oxygen atoms in total. The van der Waals surface area contributed by atoms with Crippen LogP contribution in [-0.4, -0.2) is 24.8 Å². The second-order valence-corrected chi connectivity index (χ2v) is 8.52. The highest BCUT2D eigenvalue weighted by Crippen LogP contribution is 2.37. The molecule has 0 aliphatic heterocycles. The molecule has 0 saturated carbocycles. The summed E-state index contributed by atoms with van der Waals surface area (Å²) in [5.41, 5.74) is 7.85. The molecular formula is C22H27N3O4S. The second-order valence-electron chi connectivity index (χ2n) is 7.41. The average Bonchev–Trinajstić information content (AvgIpc) is 2.87. The molecule has 0 saturated heterocycles. The number of nitrogens with two attached hydrogens (primary N) is 1. The number of hydrogen-bond donors (Lipinski definition) is 3. The van der Waals surface area contributed by atoms with Gasteiger partial charge in [-0.3, -0.25) is 14.4 Å². The number of rotatable bonds is 7. The van der Waals surface area contributed by atoms with Crippen molar-refractivity contribution in [2.75, 3.05) is 12.4 Å². The molecular weight excluding hydrogens is 402 g/mol. The van der Waals surface area contributed by atoms with Gasteiger partial charge in [0, 0.05) is 11.8 Å². The Morgan fingerprint density at radius 2 is 1.83 bits per heavy atom. The number of primary amides is 1. The fourth-order valence-electron chi connectivity index (χ4n) is 3.79. The third-order valence-corrected chi connectivity index (χ3v) is 6.41. The minimum absolute atomic E-state index is 0.0344. The smallest absolute Gasteiger partial charge is 0.251 e. The zero-order valence-electron chi connectivity index (χ0n) is 17.2. The number of carbonyl (C=O) groups is 3. The molecule has 8 heteroatoms. The molecule has 4 N–H and O–H groups in total. The number of hydrogen-bond acceptors (Lipinski definition) is 5. The fourth-order valence-corrected chi connectivity index (χ4v) is 5.10. The number of aryl methyl sites for hydroxylation is 1. The Kier molecular flexibility index (Phi) is 7.10. The lowest BCUT2D eigenvalue weighted by Crippen LogP contribution is -2.30. The Morgan fingerprint density at radius 1 is 1.13 bits per heavy atom. The number of amides is 3. The largest absolute Gasteiger partial charge is 0.497 e. The van der Waals surface area contributed by atoms with E-state index < -0.39 is 11.9 Å². The van der Waals surface area contributed by atoms with Gasteiger partial charge in [-0.25, -0.2) is 0 Å². The van der Waals surface area contributed by atoms with Gasteiger partial charge >= 0.3 is 0 Å². The highest BCUT2D eigenvalue weighted by molar-refractivity contribution is 7.17. The van der Waals surface area contributed by atoms with Crippen LogP contribution in [0.2, 0.25) is 0 Å². The minimum Gasteiger partial charge on any atom is -0.497 e. The number of anilines is 1. The van der Waals surface area contributed by atoms with E-state index in [-0.39, 0.29) is 18.2 Å². The van der Waals surface area contributed by atoms with Crippen LogP contribution in [0.25, 0.3) is 0 Å². The number of ether oxygens (including phenoxy) is 1. The van der Waals surface area contributed by atoms with Crippen LogP contribution >= 0.6 is 11.3 Å². The zero-order valence-corrected chi connectivity index (χ0v) is 18.1. The van der Waals surface area contributed by atoms with Gasteiger partial charge < -0.3 is 21.1 Å². The first-order valence-corrected chi connectivity index (χ1v) is 10.9. The Morgan fingerprint density at radius 3 is 2.47 bits per heavy atom. The molecule has 0 spiro atoms. The van der Waals surface area contributed by atoms with E-state index in [0.29, 0.717) is 16.3 Å². The van der Waals surface area contributed by atoms with Crippen molar-refractivity contribution in [3.8, 4) is 5.75 Å². The summed E-state index contributed by atoms with van der Waals surface area (Å²) in [5.74, 6) is -0.345. The molecule has 1 aromatic heterocycles. The van der Waals surface area contributed by atoms with E-state index in [4.69, 9.17) is 10.5 Å². The summed E-state index contributed by atoms with van der Waals surface area (Å²) in [6.45, 7) is 1.41. The molecule has 30 heavy (non-hydrogen) atoms. The molecule has 160 valence electrons. The van der Waals surface area contributed by atoms with Crippen molar-refractivity contribution in [3.05, 3.63) is 45.8 Å². The fraction of sp³-hybridized carbons (Fsp3) is 0.409. The van der Waals surface area contributed by atoms with Crippen molar-refractivity contribution in [1.29, 1.82) is 0 Å². The lowest BCUT2D eigenvalue weighted by Gasteiger charge is -2.18. The Balaban J connectivity index is 1.79. The zero-order chi connectivity index (χ0) is 21.7. The van der Waals surface area contributed by atoms with Crippen molar-refractivity contribution < 1.29 is 19.1 Å². The van der Waals surface area contributed by atoms with Gasteiger partial charge in [0.1, 0.15) is 10.8 Å². The van der Waals surface area contributed by atoms with Crippen LogP contribution < -0.4 is 21.1 Å². The third kappa shape index (κ3) is 5.18. The molecule has 1 atom stereocenters. The standard InChI is InChI=1S/C22H27N3O4S/c1-13(26)24-17(14-8-10-15(29-2)11-9-14)12-19(27)25-22-20(21(23)28)16-6-4-3-5-7-18(16)30-22/h8-11,17H,3-7,12H2,1-2H3,(H2,23,28)(H,24,26)(H,25,27). The first-order valence-electron chi connectivity index (χ1n) is 10.0. The maximum absolute atomic E-state index is 12.8. The molecule has 0 radical (unpaired) electrons. The summed E-state index contributed by atoms with van der Waals surface area (Å²) in [4.78, 5) is 37.7. The van der Waals surface area contributed by atoms with Crippen molar-refractivity contribution in [1.82, 2.24) is 5.32 Å². The maximum Gasteiger partial charge on any atom is 0.251 e. The van der Waals surface area contributed by atoms with E-state index in [0.717, 1.165) is 48.1 Å². The summed E-state index contributed by atoms with van der Waals surface area (Å²) in [6.07, 6.45) is 4.95. The first-order chi connectivity index (χ1) is 14.4. The van der Waals surface area contributed by atoms with E-state index in [9.17, 15) is 14.4 Å². The van der Waals surface area contributed by atoms with Crippen LogP contribution in [0.1, 0.15) is 65.0 Å². The molecule has 1 aromatic carbocycles. The molecule has 1 unspecified atom stereocenters. The van der Waals surface area contributed by atoms with Gasteiger partial charge in [-0.15, -0.1) is 11.3 Å². The van der Waals surface area contributed by atoms with E-state index in [2.05, 4.69) is 10.6 Å². The maximum atomic E-state index is 12.8. The average molecular weight is 430 g/mol. The third-order valence-electron chi connectivity index (χ3n) is 5.21. The normalized spacial score (nSPS) is 14.2. The molecule has 0 bridgehead atoms. The number of carbonyl (C=O) groups excluding carboxylic acids is 3. The Labute approximate surface area is 180 Å². The van der Waals surface area contributed by atoms with E-state index >= 15 is 0 Å². The number of benzene rings is 1. The van der Waals surface area contributed by atoms with Gasteiger partial charge in [0.2, 0.25) is 11.8 Å². The summed E-state index contributed by atoms with van der Waals surface area (Å²) in [5, 5.41) is 6.19. The predicted molar refractivity (Wildman–Crippen MR) is 117 cm³/mol. The van der Waals surface area contributed by atoms with Crippen LogP contribution in [0.3, 0.4) is 0 Å². The lowest BCUT2D eigenvalue weighted by atomic mass is 10.0. The van der Waals surface area contributed by atoms with E-state index in [1.165, 1.54) is 18.3 Å². The van der Waals surface area contributed by atoms with Gasteiger partial charge in [-0.2, -0.15) is 0 Å². The lowest BCUT2D eigenvalue weighted by molar-refractivity contribution is -0.120. The number of nitrogens with one attached hydrogen (secondary N) is 2. The van der Waals surface area contributed by atoms with Crippen LogP contribution in [-0.2, 0) is 22.4 Å². The summed E-state index contributed by atoms with van der Waals surface area (Å²) in [7, 11) is 1.58.